The van der Waals surface area contributed by atoms with E-state index in [1.54, 1.807) is 16.6 Å². The third-order valence-corrected chi connectivity index (χ3v) is 3.28. The zero-order valence-corrected chi connectivity index (χ0v) is 13.2. The van der Waals surface area contributed by atoms with Crippen molar-refractivity contribution in [1.82, 2.24) is 29.9 Å². The first-order valence-electron chi connectivity index (χ1n) is 7.13. The molecule has 7 heteroatoms. The summed E-state index contributed by atoms with van der Waals surface area (Å²) in [4.78, 5) is 18.4. The second kappa shape index (κ2) is 6.07. The van der Waals surface area contributed by atoms with Gasteiger partial charge in [0.15, 0.2) is 5.82 Å². The van der Waals surface area contributed by atoms with Gasteiger partial charge in [0, 0.05) is 13.6 Å². The molecule has 2 aromatic heterocycles. The molecule has 0 fully saturated rings. The van der Waals surface area contributed by atoms with Gasteiger partial charge >= 0.3 is 0 Å². The van der Waals surface area contributed by atoms with Gasteiger partial charge in [-0.3, -0.25) is 14.6 Å². The molecule has 0 aliphatic heterocycles. The Balaban J connectivity index is 2.18. The molecule has 0 aromatic carbocycles. The monoisotopic (exact) mass is 290 g/mol. The van der Waals surface area contributed by atoms with Gasteiger partial charge in [-0.05, 0) is 25.8 Å². The number of H-pyrrole nitrogens is 1. The Morgan fingerprint density at radius 3 is 2.71 bits per heavy atom. The van der Waals surface area contributed by atoms with Crippen molar-refractivity contribution in [2.45, 2.75) is 46.7 Å². The lowest BCUT2D eigenvalue weighted by atomic mass is 10.1. The lowest BCUT2D eigenvalue weighted by Crippen LogP contribution is -2.28. The summed E-state index contributed by atoms with van der Waals surface area (Å²) in [6.07, 6.45) is 0. The van der Waals surface area contributed by atoms with Crippen molar-refractivity contribution in [2.24, 2.45) is 0 Å². The van der Waals surface area contributed by atoms with E-state index in [1.165, 1.54) is 0 Å². The third-order valence-electron chi connectivity index (χ3n) is 3.28. The minimum absolute atomic E-state index is 0.0706. The molecule has 0 bridgehead atoms. The fourth-order valence-corrected chi connectivity index (χ4v) is 2.07. The van der Waals surface area contributed by atoms with E-state index in [9.17, 15) is 4.79 Å². The first kappa shape index (κ1) is 15.2. The van der Waals surface area contributed by atoms with Gasteiger partial charge in [-0.25, -0.2) is 4.98 Å². The van der Waals surface area contributed by atoms with Crippen LogP contribution in [0.25, 0.3) is 0 Å². The van der Waals surface area contributed by atoms with Gasteiger partial charge in [-0.15, -0.1) is 0 Å². The summed E-state index contributed by atoms with van der Waals surface area (Å²) in [5.74, 6) is 1.57. The van der Waals surface area contributed by atoms with Crippen molar-refractivity contribution in [3.8, 4) is 0 Å². The molecule has 0 unspecified atom stereocenters. The predicted molar refractivity (Wildman–Crippen MR) is 78.9 cm³/mol. The number of amides is 1. The number of rotatable bonds is 5. The van der Waals surface area contributed by atoms with Crippen LogP contribution in [0.15, 0.2) is 6.07 Å². The van der Waals surface area contributed by atoms with Gasteiger partial charge in [-0.1, -0.05) is 13.8 Å². The number of aromatic nitrogens is 5. The zero-order valence-electron chi connectivity index (χ0n) is 13.2. The van der Waals surface area contributed by atoms with Gasteiger partial charge in [-0.2, -0.15) is 10.2 Å². The largest absolute Gasteiger partial charge is 0.333 e. The number of carbonyl (C=O) groups excluding carboxylic acids is 1. The van der Waals surface area contributed by atoms with Gasteiger partial charge in [0.1, 0.15) is 11.5 Å². The topological polar surface area (TPSA) is 79.7 Å². The first-order chi connectivity index (χ1) is 9.92. The van der Waals surface area contributed by atoms with Crippen LogP contribution < -0.4 is 0 Å². The normalized spacial score (nSPS) is 11.1. The highest BCUT2D eigenvalue weighted by Crippen LogP contribution is 2.16. The van der Waals surface area contributed by atoms with Crippen LogP contribution in [0.4, 0.5) is 0 Å². The Bertz CT molecular complexity index is 627. The van der Waals surface area contributed by atoms with Crippen LogP contribution in [0.3, 0.4) is 0 Å². The number of nitrogens with zero attached hydrogens (tertiary/aromatic N) is 5. The van der Waals surface area contributed by atoms with Crippen molar-refractivity contribution >= 4 is 5.91 Å². The Hall–Kier alpha value is -2.18. The van der Waals surface area contributed by atoms with Crippen LogP contribution in [-0.2, 0) is 13.1 Å². The summed E-state index contributed by atoms with van der Waals surface area (Å²) in [6.45, 7) is 8.98. The van der Waals surface area contributed by atoms with Crippen molar-refractivity contribution in [2.75, 3.05) is 7.05 Å². The molecule has 114 valence electrons. The predicted octanol–water partition coefficient (Wildman–Crippen LogP) is 1.73. The molecule has 0 saturated heterocycles. The Morgan fingerprint density at radius 2 is 2.19 bits per heavy atom. The van der Waals surface area contributed by atoms with Crippen LogP contribution in [0.1, 0.15) is 54.5 Å². The maximum atomic E-state index is 12.6. The fraction of sp³-hybridized carbons (Fsp3) is 0.571. The summed E-state index contributed by atoms with van der Waals surface area (Å²) in [7, 11) is 1.75. The average Bonchev–Trinajstić information content (AvgIpc) is 3.04. The molecule has 0 saturated carbocycles. The first-order valence-corrected chi connectivity index (χ1v) is 7.13. The van der Waals surface area contributed by atoms with Gasteiger partial charge in [0.25, 0.3) is 5.91 Å². The Morgan fingerprint density at radius 1 is 1.48 bits per heavy atom. The van der Waals surface area contributed by atoms with E-state index in [1.807, 2.05) is 19.9 Å². The second-order valence-corrected chi connectivity index (χ2v) is 5.42. The van der Waals surface area contributed by atoms with Crippen molar-refractivity contribution in [3.05, 3.63) is 29.1 Å². The zero-order chi connectivity index (χ0) is 15.6. The molecule has 2 rings (SSSR count). The average molecular weight is 290 g/mol. The molecule has 2 heterocycles. The SMILES string of the molecule is CCn1nc(C(C)C)cc1C(=O)N(C)Cc1n[nH]c(C)n1. The van der Waals surface area contributed by atoms with Crippen molar-refractivity contribution in [3.63, 3.8) is 0 Å². The van der Waals surface area contributed by atoms with Gasteiger partial charge < -0.3 is 4.90 Å². The molecule has 0 atom stereocenters. The summed E-state index contributed by atoms with van der Waals surface area (Å²) >= 11 is 0. The molecule has 1 N–H and O–H groups in total. The van der Waals surface area contributed by atoms with Crippen molar-refractivity contribution in [1.29, 1.82) is 0 Å². The highest BCUT2D eigenvalue weighted by Gasteiger charge is 2.20. The summed E-state index contributed by atoms with van der Waals surface area (Å²) in [5, 5.41) is 11.3. The fourth-order valence-electron chi connectivity index (χ4n) is 2.07. The van der Waals surface area contributed by atoms with Crippen LogP contribution >= 0.6 is 0 Å². The van der Waals surface area contributed by atoms with Crippen LogP contribution in [0.5, 0.6) is 0 Å². The highest BCUT2D eigenvalue weighted by molar-refractivity contribution is 5.92. The molecule has 0 spiro atoms. The number of aryl methyl sites for hydroxylation is 2. The summed E-state index contributed by atoms with van der Waals surface area (Å²) < 4.78 is 1.75. The Labute approximate surface area is 124 Å². The standard InChI is InChI=1S/C14H22N6O/c1-6-20-12(7-11(18-20)9(2)3)14(21)19(5)8-13-15-10(4)16-17-13/h7,9H,6,8H2,1-5H3,(H,15,16,17). The minimum Gasteiger partial charge on any atom is -0.333 e. The van der Waals surface area contributed by atoms with Crippen molar-refractivity contribution < 1.29 is 4.79 Å². The minimum atomic E-state index is -0.0706. The lowest BCUT2D eigenvalue weighted by molar-refractivity contribution is 0.0769. The van der Waals surface area contributed by atoms with E-state index in [2.05, 4.69) is 34.1 Å². The molecule has 7 nitrogen and oxygen atoms in total. The maximum Gasteiger partial charge on any atom is 0.272 e. The van der Waals surface area contributed by atoms with Crippen LogP contribution in [-0.4, -0.2) is 42.8 Å². The smallest absolute Gasteiger partial charge is 0.272 e. The van der Waals surface area contributed by atoms with Gasteiger partial charge in [0.2, 0.25) is 0 Å². The summed E-state index contributed by atoms with van der Waals surface area (Å²) in [5.41, 5.74) is 1.54. The van der Waals surface area contributed by atoms with E-state index >= 15 is 0 Å². The molecule has 0 radical (unpaired) electrons. The Kier molecular flexibility index (Phi) is 4.40. The van der Waals surface area contributed by atoms with Gasteiger partial charge in [0.05, 0.1) is 12.2 Å². The maximum absolute atomic E-state index is 12.6. The van der Waals surface area contributed by atoms with E-state index in [-0.39, 0.29) is 5.91 Å². The van der Waals surface area contributed by atoms with E-state index in [4.69, 9.17) is 0 Å². The molecule has 1 amide bonds. The van der Waals surface area contributed by atoms with E-state index in [0.29, 0.717) is 30.5 Å². The van der Waals surface area contributed by atoms with E-state index in [0.717, 1.165) is 11.5 Å². The number of carbonyl (C=O) groups is 1. The molecule has 2 aromatic rings. The number of hydrogen-bond donors (Lipinski definition) is 1. The number of aromatic amines is 1. The molecular weight excluding hydrogens is 268 g/mol. The number of nitrogens with one attached hydrogen (secondary N) is 1. The van der Waals surface area contributed by atoms with Crippen LogP contribution in [0, 0.1) is 6.92 Å². The lowest BCUT2D eigenvalue weighted by Gasteiger charge is -2.15. The highest BCUT2D eigenvalue weighted by atomic mass is 16.2. The molecule has 21 heavy (non-hydrogen) atoms. The molecule has 0 aliphatic rings. The number of hydrogen-bond acceptors (Lipinski definition) is 4. The third kappa shape index (κ3) is 3.29. The van der Waals surface area contributed by atoms with Crippen LogP contribution in [0.2, 0.25) is 0 Å². The second-order valence-electron chi connectivity index (χ2n) is 5.42. The quantitative estimate of drug-likeness (QED) is 0.909. The summed E-state index contributed by atoms with van der Waals surface area (Å²) in [6, 6.07) is 1.87. The molecule has 0 aliphatic carbocycles. The van der Waals surface area contributed by atoms with E-state index < -0.39 is 0 Å². The molecular formula is C14H22N6O.